The molecule has 47 heavy (non-hydrogen) atoms. The van der Waals surface area contributed by atoms with Gasteiger partial charge in [-0.25, -0.2) is 37.5 Å². The predicted molar refractivity (Wildman–Crippen MR) is 162 cm³/mol. The summed E-state index contributed by atoms with van der Waals surface area (Å²) in [5, 5.41) is 7.94. The number of hydrogen-bond donors (Lipinski definition) is 3. The zero-order chi connectivity index (χ0) is 33.2. The van der Waals surface area contributed by atoms with E-state index in [1.54, 1.807) is 0 Å². The number of carbonyl (C=O) groups excluding carboxylic acids is 1. The second-order valence-corrected chi connectivity index (χ2v) is 16.9. The molecule has 250 valence electrons. The van der Waals surface area contributed by atoms with E-state index in [0.29, 0.717) is 0 Å². The van der Waals surface area contributed by atoms with Gasteiger partial charge in [0.15, 0.2) is 36.3 Å². The number of anilines is 1. The molecule has 0 unspecified atom stereocenters. The molecule has 3 fully saturated rings. The number of amides is 1. The number of primary amides is 1. The van der Waals surface area contributed by atoms with Crippen LogP contribution in [-0.4, -0.2) is 90.4 Å². The molecule has 0 spiro atoms. The summed E-state index contributed by atoms with van der Waals surface area (Å²) < 4.78 is 95.4. The number of alkyl halides is 2. The van der Waals surface area contributed by atoms with Crippen LogP contribution in [0.3, 0.4) is 0 Å². The molecule has 4 aromatic rings. The van der Waals surface area contributed by atoms with E-state index < -0.39 is 81.9 Å². The largest absolute Gasteiger partial charge is 0.418 e. The van der Waals surface area contributed by atoms with Crippen LogP contribution < -0.4 is 11.5 Å². The van der Waals surface area contributed by atoms with Crippen LogP contribution in [0.15, 0.2) is 30.9 Å². The Hall–Kier alpha value is -3.13. The van der Waals surface area contributed by atoms with Crippen molar-refractivity contribution in [2.24, 2.45) is 5.73 Å². The van der Waals surface area contributed by atoms with Gasteiger partial charge in [-0.2, -0.15) is 0 Å². The topological polar surface area (TPSA) is 233 Å². The van der Waals surface area contributed by atoms with E-state index in [1.807, 2.05) is 0 Å². The van der Waals surface area contributed by atoms with Gasteiger partial charge in [-0.05, 0) is 22.9 Å². The summed E-state index contributed by atoms with van der Waals surface area (Å²) in [4.78, 5) is 24.0. The second-order valence-electron chi connectivity index (χ2n) is 10.4. The fourth-order valence-electron chi connectivity index (χ4n) is 5.47. The molecule has 0 aliphatic carbocycles. The Balaban J connectivity index is 1.22. The highest BCUT2D eigenvalue weighted by molar-refractivity contribution is 8.48. The highest BCUT2D eigenvalue weighted by atomic mass is 32.7. The maximum absolute atomic E-state index is 16.1. The first kappa shape index (κ1) is 32.4. The van der Waals surface area contributed by atoms with Gasteiger partial charge in [-0.3, -0.25) is 27.5 Å². The summed E-state index contributed by atoms with van der Waals surface area (Å²) in [7, 11) is 0.131. The van der Waals surface area contributed by atoms with Gasteiger partial charge in [-0.15, -0.1) is 5.10 Å². The van der Waals surface area contributed by atoms with E-state index in [9.17, 15) is 13.9 Å². The molecule has 7 rings (SSSR count). The Morgan fingerprint density at radius 1 is 1.02 bits per heavy atom. The van der Waals surface area contributed by atoms with Crippen LogP contribution in [0.1, 0.15) is 22.8 Å². The number of rotatable bonds is 3. The van der Waals surface area contributed by atoms with Crippen molar-refractivity contribution in [3.05, 3.63) is 36.4 Å². The third-order valence-corrected chi connectivity index (χ3v) is 11.8. The van der Waals surface area contributed by atoms with Gasteiger partial charge < -0.3 is 20.9 Å². The molecular formula is C23H23F2N9O9P2S2. The molecule has 2 bridgehead atoms. The number of nitrogen functional groups attached to an aromatic ring is 1. The second kappa shape index (κ2) is 12.1. The van der Waals surface area contributed by atoms with Crippen molar-refractivity contribution in [2.45, 2.75) is 49.2 Å². The SMILES string of the molecule is C#S[P@]1(=O)OC[C@H]2O[C@@H](n3nnc4c(C(N)=O)cccc43)[C@H](O[P@](=O)(S)OC[C@H]3O[C@@H](n4cnc5c(N)ncnc54)[C@H](F)[C@@H]3O1)[C@@H]2F. The van der Waals surface area contributed by atoms with Gasteiger partial charge in [0.05, 0.1) is 30.6 Å². The number of hydrogen-bond acceptors (Lipinski definition) is 15. The zero-order valence-electron chi connectivity index (χ0n) is 23.5. The minimum Gasteiger partial charge on any atom is -0.382 e. The highest BCUT2D eigenvalue weighted by Crippen LogP contribution is 2.61. The van der Waals surface area contributed by atoms with Crippen LogP contribution >= 0.6 is 36.6 Å². The average Bonchev–Trinajstić information content (AvgIpc) is 3.80. The van der Waals surface area contributed by atoms with E-state index in [4.69, 9.17) is 44.7 Å². The number of benzene rings is 1. The summed E-state index contributed by atoms with van der Waals surface area (Å²) >= 11 is 4.02. The lowest BCUT2D eigenvalue weighted by Crippen LogP contribution is -2.33. The van der Waals surface area contributed by atoms with Crippen molar-refractivity contribution in [1.82, 2.24) is 34.5 Å². The number of carbonyl (C=O) groups is 1. The number of nitrogens with zero attached hydrogens (tertiary/aromatic N) is 7. The number of ether oxygens (including phenoxy) is 2. The molecule has 3 aliphatic heterocycles. The molecule has 3 saturated heterocycles. The standard InChI is InChI=1S/C23H23F2N9O9P2S2/c1-47-45(37)39-5-11-13(24)18(23(40-11)34-10-4-2-3-9(20(27)35)15(10)31-32-34)42-44(36,46)38-6-12-17(43-45)14(25)22(41-12)33-8-30-16-19(26)28-7-29-21(16)33/h1-4,7-8,11-14,17-18,22-23H,5-6H2,(H2,27,35)(H,36,46)(H2,26,28,29)/t11-,12-,13-,14-,17-,18-,22-,23-,44-,45-/m1/s1. The third-order valence-electron chi connectivity index (χ3n) is 7.64. The fraction of sp³-hybridized carbons (Fsp3) is 0.435. The molecule has 0 radical (unpaired) electrons. The molecule has 3 aromatic heterocycles. The van der Waals surface area contributed by atoms with E-state index in [-0.39, 0.29) is 44.4 Å². The van der Waals surface area contributed by atoms with Crippen LogP contribution in [0.2, 0.25) is 0 Å². The summed E-state index contributed by atoms with van der Waals surface area (Å²) in [5.74, 6) is -0.762. The first-order valence-electron chi connectivity index (χ1n) is 13.5. The third kappa shape index (κ3) is 5.72. The molecule has 1 aromatic carbocycles. The number of aromatic nitrogens is 7. The Kier molecular flexibility index (Phi) is 8.33. The van der Waals surface area contributed by atoms with Crippen LogP contribution in [0.25, 0.3) is 22.2 Å². The van der Waals surface area contributed by atoms with E-state index >= 15 is 8.78 Å². The van der Waals surface area contributed by atoms with E-state index in [1.165, 1.54) is 29.1 Å². The van der Waals surface area contributed by atoms with E-state index in [2.05, 4.69) is 37.5 Å². The number of thiol groups is 1. The average molecular weight is 734 g/mol. The monoisotopic (exact) mass is 733 g/mol. The first-order valence-corrected chi connectivity index (χ1v) is 19.2. The molecule has 10 atom stereocenters. The maximum atomic E-state index is 16.1. The van der Waals surface area contributed by atoms with Crippen LogP contribution in [0, 0.1) is 5.69 Å². The van der Waals surface area contributed by atoms with Gasteiger partial charge in [-0.1, -0.05) is 29.2 Å². The van der Waals surface area contributed by atoms with Crippen molar-refractivity contribution in [2.75, 3.05) is 18.9 Å². The summed E-state index contributed by atoms with van der Waals surface area (Å²) in [6, 6.07) is 4.41. The molecule has 0 saturated carbocycles. The lowest BCUT2D eigenvalue weighted by Gasteiger charge is -2.25. The number of halogens is 2. The zero-order valence-corrected chi connectivity index (χ0v) is 27.0. The minimum atomic E-state index is -4.51. The highest BCUT2D eigenvalue weighted by Gasteiger charge is 2.55. The lowest BCUT2D eigenvalue weighted by molar-refractivity contribution is -0.0603. The van der Waals surface area contributed by atoms with Gasteiger partial charge in [0, 0.05) is 0 Å². The normalized spacial score (nSPS) is 36.4. The Labute approximate surface area is 270 Å². The van der Waals surface area contributed by atoms with Crippen molar-refractivity contribution in [1.29, 1.82) is 0 Å². The molecular weight excluding hydrogens is 710 g/mol. The summed E-state index contributed by atoms with van der Waals surface area (Å²) in [6.45, 7) is -10.4. The lowest BCUT2D eigenvalue weighted by atomic mass is 10.1. The van der Waals surface area contributed by atoms with Crippen molar-refractivity contribution < 1.29 is 50.3 Å². The summed E-state index contributed by atoms with van der Waals surface area (Å²) in [6.07, 6.45) is -11.2. The molecule has 6 heterocycles. The molecule has 3 aliphatic rings. The first-order chi connectivity index (χ1) is 22.4. The van der Waals surface area contributed by atoms with Crippen LogP contribution in [0.5, 0.6) is 0 Å². The van der Waals surface area contributed by atoms with Crippen molar-refractivity contribution in [3.63, 3.8) is 0 Å². The van der Waals surface area contributed by atoms with Crippen molar-refractivity contribution in [3.8, 4) is 5.69 Å². The number of fused-ring (bicyclic) bond motifs is 5. The quantitative estimate of drug-likeness (QED) is 0.203. The Bertz CT molecular complexity index is 2030. The summed E-state index contributed by atoms with van der Waals surface area (Å²) in [5.41, 5.74) is 17.5. The van der Waals surface area contributed by atoms with Gasteiger partial charge in [0.2, 0.25) is 0 Å². The Morgan fingerprint density at radius 3 is 2.55 bits per heavy atom. The smallest absolute Gasteiger partial charge is 0.382 e. The maximum Gasteiger partial charge on any atom is 0.418 e. The van der Waals surface area contributed by atoms with Gasteiger partial charge in [0.1, 0.15) is 41.8 Å². The van der Waals surface area contributed by atoms with E-state index in [0.717, 1.165) is 11.0 Å². The van der Waals surface area contributed by atoms with Gasteiger partial charge >= 0.3 is 13.6 Å². The molecule has 1 amide bonds. The van der Waals surface area contributed by atoms with Crippen LogP contribution in [0.4, 0.5) is 14.6 Å². The molecule has 18 nitrogen and oxygen atoms in total. The minimum absolute atomic E-state index is 0.0273. The number of imidazole rings is 1. The molecule has 4 N–H and O–H groups in total. The number of nitrogens with two attached hydrogens (primary N) is 2. The van der Waals surface area contributed by atoms with Gasteiger partial charge in [0.25, 0.3) is 5.91 Å². The predicted octanol–water partition coefficient (Wildman–Crippen LogP) is 2.71. The molecule has 24 heteroatoms. The van der Waals surface area contributed by atoms with Crippen molar-refractivity contribution >= 4 is 70.6 Å². The fourth-order valence-corrected chi connectivity index (χ4v) is 8.79. The Morgan fingerprint density at radius 2 is 1.79 bits per heavy atom. The van der Waals surface area contributed by atoms with Crippen LogP contribution in [-0.2, 0) is 36.7 Å².